The fourth-order valence-corrected chi connectivity index (χ4v) is 1.78. The summed E-state index contributed by atoms with van der Waals surface area (Å²) in [5.41, 5.74) is 0. The lowest BCUT2D eigenvalue weighted by Gasteiger charge is -2.09. The van der Waals surface area contributed by atoms with Crippen molar-refractivity contribution in [2.24, 2.45) is 0 Å². The minimum Gasteiger partial charge on any atom is -0.494 e. The van der Waals surface area contributed by atoms with E-state index >= 15 is 0 Å². The van der Waals surface area contributed by atoms with Gasteiger partial charge in [-0.3, -0.25) is 0 Å². The molecule has 0 aliphatic heterocycles. The lowest BCUT2D eigenvalue weighted by Crippen LogP contribution is -2.08. The normalized spacial score (nSPS) is 12.4. The number of benzene rings is 1. The van der Waals surface area contributed by atoms with Crippen LogP contribution in [0.3, 0.4) is 0 Å². The summed E-state index contributed by atoms with van der Waals surface area (Å²) in [6, 6.07) is 7.79. The molecule has 1 atom stereocenters. The molecule has 1 aromatic rings. The Balaban J connectivity index is 2.13. The van der Waals surface area contributed by atoms with E-state index < -0.39 is 0 Å². The molecule has 1 rings (SSSR count). The van der Waals surface area contributed by atoms with Crippen molar-refractivity contribution in [3.63, 3.8) is 0 Å². The first-order valence-corrected chi connectivity index (χ1v) is 6.58. The average Bonchev–Trinajstić information content (AvgIpc) is 2.27. The van der Waals surface area contributed by atoms with Crippen LogP contribution in [0.1, 0.15) is 32.6 Å². The summed E-state index contributed by atoms with van der Waals surface area (Å²) in [4.78, 5) is 0. The van der Waals surface area contributed by atoms with Crippen LogP contribution >= 0.6 is 15.9 Å². The zero-order chi connectivity index (χ0) is 11.8. The fourth-order valence-electron chi connectivity index (χ4n) is 1.52. The molecule has 0 radical (unpaired) electrons. The third-order valence-corrected chi connectivity index (χ3v) is 2.91. The van der Waals surface area contributed by atoms with Gasteiger partial charge in [0.2, 0.25) is 0 Å². The van der Waals surface area contributed by atoms with Crippen LogP contribution < -0.4 is 4.74 Å². The van der Waals surface area contributed by atoms with Gasteiger partial charge in [0.05, 0.1) is 12.7 Å². The second-order valence-corrected chi connectivity index (χ2v) is 4.80. The quantitative estimate of drug-likeness (QED) is 0.773. The van der Waals surface area contributed by atoms with E-state index in [1.54, 1.807) is 0 Å². The Morgan fingerprint density at radius 2 is 1.94 bits per heavy atom. The summed E-state index contributed by atoms with van der Waals surface area (Å²) in [5, 5.41) is 9.52. The molecule has 0 saturated carbocycles. The van der Waals surface area contributed by atoms with Gasteiger partial charge < -0.3 is 9.84 Å². The van der Waals surface area contributed by atoms with Gasteiger partial charge in [0.15, 0.2) is 0 Å². The summed E-state index contributed by atoms with van der Waals surface area (Å²) in [5.74, 6) is 0.883. The van der Waals surface area contributed by atoms with Crippen molar-refractivity contribution in [2.75, 3.05) is 6.61 Å². The van der Waals surface area contributed by atoms with Crippen molar-refractivity contribution in [1.82, 2.24) is 0 Å². The van der Waals surface area contributed by atoms with E-state index in [9.17, 15) is 5.11 Å². The van der Waals surface area contributed by atoms with E-state index in [-0.39, 0.29) is 6.10 Å². The van der Waals surface area contributed by atoms with Crippen LogP contribution in [0.15, 0.2) is 28.7 Å². The topological polar surface area (TPSA) is 29.5 Å². The molecule has 0 saturated heterocycles. The molecular weight excluding hydrogens is 268 g/mol. The Bertz CT molecular complexity index is 284. The third-order valence-electron chi connectivity index (χ3n) is 2.39. The van der Waals surface area contributed by atoms with Crippen molar-refractivity contribution in [2.45, 2.75) is 38.7 Å². The minimum atomic E-state index is -0.168. The lowest BCUT2D eigenvalue weighted by atomic mass is 10.1. The van der Waals surface area contributed by atoms with Crippen LogP contribution in [0.25, 0.3) is 0 Å². The van der Waals surface area contributed by atoms with Crippen LogP contribution in [0.2, 0.25) is 0 Å². The highest BCUT2D eigenvalue weighted by atomic mass is 79.9. The maximum atomic E-state index is 9.52. The van der Waals surface area contributed by atoms with Gasteiger partial charge in [-0.1, -0.05) is 29.3 Å². The molecule has 90 valence electrons. The van der Waals surface area contributed by atoms with Gasteiger partial charge in [-0.15, -0.1) is 0 Å². The van der Waals surface area contributed by atoms with Crippen molar-refractivity contribution < 1.29 is 9.84 Å². The van der Waals surface area contributed by atoms with Gasteiger partial charge >= 0.3 is 0 Å². The number of aliphatic hydroxyl groups is 1. The minimum absolute atomic E-state index is 0.168. The summed E-state index contributed by atoms with van der Waals surface area (Å²) in [6.45, 7) is 2.75. The molecular formula is C13H19BrO2. The number of aliphatic hydroxyl groups excluding tert-OH is 1. The maximum absolute atomic E-state index is 9.52. The summed E-state index contributed by atoms with van der Waals surface area (Å²) >= 11 is 3.37. The highest BCUT2D eigenvalue weighted by molar-refractivity contribution is 9.10. The molecule has 0 fully saturated rings. The number of hydrogen-bond acceptors (Lipinski definition) is 2. The number of rotatable bonds is 7. The molecule has 1 N–H and O–H groups in total. The molecule has 0 amide bonds. The molecule has 0 aliphatic rings. The second-order valence-electron chi connectivity index (χ2n) is 3.89. The predicted molar refractivity (Wildman–Crippen MR) is 69.8 cm³/mol. The monoisotopic (exact) mass is 286 g/mol. The Morgan fingerprint density at radius 3 is 2.56 bits per heavy atom. The van der Waals surface area contributed by atoms with Gasteiger partial charge in [0, 0.05) is 4.47 Å². The Kier molecular flexibility index (Phi) is 6.50. The van der Waals surface area contributed by atoms with Gasteiger partial charge in [-0.2, -0.15) is 0 Å². The van der Waals surface area contributed by atoms with E-state index in [0.29, 0.717) is 6.61 Å². The van der Waals surface area contributed by atoms with E-state index in [1.165, 1.54) is 0 Å². The zero-order valence-electron chi connectivity index (χ0n) is 9.66. The molecule has 0 bridgehead atoms. The van der Waals surface area contributed by atoms with E-state index in [4.69, 9.17) is 4.74 Å². The third kappa shape index (κ3) is 5.52. The number of hydrogen-bond donors (Lipinski definition) is 1. The lowest BCUT2D eigenvalue weighted by molar-refractivity contribution is 0.142. The predicted octanol–water partition coefficient (Wildman–Crippen LogP) is 3.77. The molecule has 0 aliphatic carbocycles. The highest BCUT2D eigenvalue weighted by Crippen LogP contribution is 2.16. The van der Waals surface area contributed by atoms with Crippen LogP contribution in [0.5, 0.6) is 5.75 Å². The second kappa shape index (κ2) is 7.69. The molecule has 0 heterocycles. The van der Waals surface area contributed by atoms with Crippen molar-refractivity contribution in [1.29, 1.82) is 0 Å². The van der Waals surface area contributed by atoms with E-state index in [1.807, 2.05) is 24.3 Å². The van der Waals surface area contributed by atoms with Crippen molar-refractivity contribution in [3.05, 3.63) is 28.7 Å². The molecule has 16 heavy (non-hydrogen) atoms. The number of ether oxygens (including phenoxy) is 1. The van der Waals surface area contributed by atoms with E-state index in [0.717, 1.165) is 35.9 Å². The van der Waals surface area contributed by atoms with Gasteiger partial charge in [0.1, 0.15) is 5.75 Å². The van der Waals surface area contributed by atoms with Gasteiger partial charge in [-0.25, -0.2) is 0 Å². The Hall–Kier alpha value is -0.540. The zero-order valence-corrected chi connectivity index (χ0v) is 11.2. The average molecular weight is 287 g/mol. The summed E-state index contributed by atoms with van der Waals surface area (Å²) in [7, 11) is 0. The largest absolute Gasteiger partial charge is 0.494 e. The molecule has 2 nitrogen and oxygen atoms in total. The molecule has 1 unspecified atom stereocenters. The van der Waals surface area contributed by atoms with Crippen LogP contribution in [0, 0.1) is 0 Å². The molecule has 1 aromatic carbocycles. The maximum Gasteiger partial charge on any atom is 0.119 e. The number of halogens is 1. The molecule has 0 aromatic heterocycles. The van der Waals surface area contributed by atoms with Gasteiger partial charge in [0.25, 0.3) is 0 Å². The van der Waals surface area contributed by atoms with Crippen molar-refractivity contribution in [3.8, 4) is 5.75 Å². The highest BCUT2D eigenvalue weighted by Gasteiger charge is 2.02. The molecule has 3 heteroatoms. The van der Waals surface area contributed by atoms with E-state index in [2.05, 4.69) is 22.9 Å². The van der Waals surface area contributed by atoms with Gasteiger partial charge in [-0.05, 0) is 43.5 Å². The first kappa shape index (κ1) is 13.5. The molecule has 0 spiro atoms. The SMILES string of the molecule is CCCC(O)CCCOc1ccc(Br)cc1. The summed E-state index contributed by atoms with van der Waals surface area (Å²) < 4.78 is 6.61. The van der Waals surface area contributed by atoms with Crippen LogP contribution in [0.4, 0.5) is 0 Å². The first-order chi connectivity index (χ1) is 7.72. The fraction of sp³-hybridized carbons (Fsp3) is 0.538. The standard InChI is InChI=1S/C13H19BrO2/c1-2-4-12(15)5-3-10-16-13-8-6-11(14)7-9-13/h6-9,12,15H,2-5,10H2,1H3. The smallest absolute Gasteiger partial charge is 0.119 e. The summed E-state index contributed by atoms with van der Waals surface area (Å²) in [6.07, 6.45) is 3.48. The van der Waals surface area contributed by atoms with Crippen molar-refractivity contribution >= 4 is 15.9 Å². The Labute approximate surface area is 106 Å². The van der Waals surface area contributed by atoms with Crippen LogP contribution in [-0.4, -0.2) is 17.8 Å². The first-order valence-electron chi connectivity index (χ1n) is 5.78. The Morgan fingerprint density at radius 1 is 1.25 bits per heavy atom. The van der Waals surface area contributed by atoms with Crippen LogP contribution in [-0.2, 0) is 0 Å².